The first kappa shape index (κ1) is 16.4. The molecule has 2 fully saturated rings. The number of benzene rings is 2. The molecule has 2 aromatic rings. The Morgan fingerprint density at radius 3 is 2.52 bits per heavy atom. The van der Waals surface area contributed by atoms with Gasteiger partial charge in [-0.25, -0.2) is 0 Å². The van der Waals surface area contributed by atoms with Gasteiger partial charge in [0.05, 0.1) is 0 Å². The molecule has 0 saturated carbocycles. The van der Waals surface area contributed by atoms with Gasteiger partial charge in [0.1, 0.15) is 18.2 Å². The maximum Gasteiger partial charge on any atom is 0.248 e. The van der Waals surface area contributed by atoms with Gasteiger partial charge in [0.25, 0.3) is 0 Å². The summed E-state index contributed by atoms with van der Waals surface area (Å²) in [6.45, 7) is 2.17. The molecule has 5 nitrogen and oxygen atoms in total. The van der Waals surface area contributed by atoms with Crippen LogP contribution < -0.4 is 5.32 Å². The first-order chi connectivity index (χ1) is 13.0. The number of anilines is 1. The van der Waals surface area contributed by atoms with Crippen LogP contribution in [0.1, 0.15) is 24.5 Å². The average Bonchev–Trinajstić information content (AvgIpc) is 3.13. The van der Waals surface area contributed by atoms with Crippen molar-refractivity contribution in [3.8, 4) is 0 Å². The fraction of sp³-hybridized carbons (Fsp3) is 0.364. The van der Waals surface area contributed by atoms with Crippen molar-refractivity contribution >= 4 is 17.5 Å². The maximum atomic E-state index is 13.5. The first-order valence-corrected chi connectivity index (χ1v) is 9.49. The summed E-state index contributed by atoms with van der Waals surface area (Å²) in [6.07, 6.45) is 1.04. The third-order valence-electron chi connectivity index (χ3n) is 6.58. The molecule has 2 saturated heterocycles. The Hall–Kier alpha value is -2.82. The van der Waals surface area contributed by atoms with E-state index in [9.17, 15) is 9.59 Å². The van der Waals surface area contributed by atoms with Crippen LogP contribution >= 0.6 is 0 Å². The van der Waals surface area contributed by atoms with E-state index in [2.05, 4.69) is 24.4 Å². The van der Waals surface area contributed by atoms with Crippen LogP contribution in [0.2, 0.25) is 0 Å². The molecule has 5 heteroatoms. The zero-order chi connectivity index (χ0) is 18.8. The Labute approximate surface area is 159 Å². The fourth-order valence-electron chi connectivity index (χ4n) is 5.11. The number of carbonyl (C=O) groups is 2. The number of hydrogen-bond acceptors (Lipinski definition) is 3. The van der Waals surface area contributed by atoms with Crippen molar-refractivity contribution in [3.05, 3.63) is 65.7 Å². The number of carbonyl (C=O) groups excluding carboxylic acids is 2. The largest absolute Gasteiger partial charge is 0.364 e. The molecule has 2 aromatic carbocycles. The quantitative estimate of drug-likeness (QED) is 0.894. The topological polar surface area (TPSA) is 52.7 Å². The van der Waals surface area contributed by atoms with Crippen LogP contribution in [-0.2, 0) is 21.4 Å². The van der Waals surface area contributed by atoms with Gasteiger partial charge in [-0.15, -0.1) is 0 Å². The number of fused-ring (bicyclic) bond motifs is 5. The van der Waals surface area contributed by atoms with Crippen molar-refractivity contribution in [2.75, 3.05) is 12.4 Å². The molecular formula is C22H23N3O2. The SMILES string of the molecule is CN1C(=O)[C@@H]2C[C@@]3(C)c4ccccc4N[C@H]3N2C(=O)[C@@H]1Cc1ccccc1. The Bertz CT molecular complexity index is 928. The molecule has 3 aliphatic rings. The van der Waals surface area contributed by atoms with Gasteiger partial charge in [-0.2, -0.15) is 0 Å². The second-order valence-corrected chi connectivity index (χ2v) is 8.13. The molecular weight excluding hydrogens is 338 g/mol. The number of likely N-dealkylation sites (N-methyl/N-ethyl adjacent to an activating group) is 1. The van der Waals surface area contributed by atoms with E-state index in [0.29, 0.717) is 12.8 Å². The fourth-order valence-corrected chi connectivity index (χ4v) is 5.11. The molecule has 27 heavy (non-hydrogen) atoms. The van der Waals surface area contributed by atoms with E-state index >= 15 is 0 Å². The Morgan fingerprint density at radius 1 is 1.04 bits per heavy atom. The van der Waals surface area contributed by atoms with Gasteiger partial charge in [-0.1, -0.05) is 55.5 Å². The first-order valence-electron chi connectivity index (χ1n) is 9.49. The van der Waals surface area contributed by atoms with Crippen LogP contribution in [0.3, 0.4) is 0 Å². The predicted octanol–water partition coefficient (Wildman–Crippen LogP) is 2.38. The van der Waals surface area contributed by atoms with Gasteiger partial charge in [-0.05, 0) is 23.6 Å². The Morgan fingerprint density at radius 2 is 1.74 bits per heavy atom. The van der Waals surface area contributed by atoms with E-state index < -0.39 is 6.04 Å². The Balaban J connectivity index is 1.51. The highest BCUT2D eigenvalue weighted by Gasteiger charge is 2.61. The van der Waals surface area contributed by atoms with Gasteiger partial charge in [0.2, 0.25) is 11.8 Å². The summed E-state index contributed by atoms with van der Waals surface area (Å²) in [5.74, 6) is 0.0884. The standard InChI is InChI=1S/C22H23N3O2/c1-22-13-18-19(26)24(2)17(12-14-8-4-3-5-9-14)20(27)25(18)21(22)23-16-11-7-6-10-15(16)22/h3-11,17-18,21,23H,12-13H2,1-2H3/t17-,18-,21-,22-/m0/s1. The minimum Gasteiger partial charge on any atom is -0.364 e. The van der Waals surface area contributed by atoms with Gasteiger partial charge >= 0.3 is 0 Å². The summed E-state index contributed by atoms with van der Waals surface area (Å²) in [6, 6.07) is 17.3. The lowest BCUT2D eigenvalue weighted by atomic mass is 9.80. The summed E-state index contributed by atoms with van der Waals surface area (Å²) in [7, 11) is 1.77. The van der Waals surface area contributed by atoms with E-state index in [0.717, 1.165) is 11.3 Å². The number of hydrogen-bond donors (Lipinski definition) is 1. The summed E-state index contributed by atoms with van der Waals surface area (Å²) in [5.41, 5.74) is 3.10. The van der Waals surface area contributed by atoms with Gasteiger partial charge in [-0.3, -0.25) is 9.59 Å². The highest BCUT2D eigenvalue weighted by atomic mass is 16.2. The van der Waals surface area contributed by atoms with Crippen LogP contribution in [-0.4, -0.2) is 46.9 Å². The second-order valence-electron chi connectivity index (χ2n) is 8.13. The van der Waals surface area contributed by atoms with Crippen molar-refractivity contribution in [1.29, 1.82) is 0 Å². The molecule has 1 N–H and O–H groups in total. The number of amides is 2. The smallest absolute Gasteiger partial charge is 0.248 e. The molecule has 2 amide bonds. The number of nitrogens with zero attached hydrogens (tertiary/aromatic N) is 2. The maximum absolute atomic E-state index is 13.5. The number of para-hydroxylation sites is 1. The summed E-state index contributed by atoms with van der Waals surface area (Å²) in [5, 5.41) is 3.52. The van der Waals surface area contributed by atoms with Gasteiger partial charge in [0, 0.05) is 24.6 Å². The molecule has 4 atom stereocenters. The zero-order valence-corrected chi connectivity index (χ0v) is 15.6. The van der Waals surface area contributed by atoms with E-state index in [1.807, 2.05) is 47.4 Å². The number of piperazine rings is 1. The third-order valence-corrected chi connectivity index (χ3v) is 6.58. The predicted molar refractivity (Wildman–Crippen MR) is 103 cm³/mol. The van der Waals surface area contributed by atoms with E-state index in [4.69, 9.17) is 0 Å². The third kappa shape index (κ3) is 2.17. The minimum atomic E-state index is -0.455. The monoisotopic (exact) mass is 361 g/mol. The molecule has 0 aliphatic carbocycles. The minimum absolute atomic E-state index is 0.0417. The van der Waals surface area contributed by atoms with Crippen LogP contribution in [0.4, 0.5) is 5.69 Å². The van der Waals surface area contributed by atoms with Crippen LogP contribution in [0.5, 0.6) is 0 Å². The lowest BCUT2D eigenvalue weighted by Gasteiger charge is -2.42. The molecule has 0 unspecified atom stereocenters. The van der Waals surface area contributed by atoms with Crippen molar-refractivity contribution in [3.63, 3.8) is 0 Å². The zero-order valence-electron chi connectivity index (χ0n) is 15.6. The molecule has 0 spiro atoms. The van der Waals surface area contributed by atoms with Crippen molar-refractivity contribution < 1.29 is 9.59 Å². The summed E-state index contributed by atoms with van der Waals surface area (Å²) < 4.78 is 0. The number of nitrogens with one attached hydrogen (secondary N) is 1. The van der Waals surface area contributed by atoms with Crippen molar-refractivity contribution in [2.24, 2.45) is 0 Å². The van der Waals surface area contributed by atoms with Gasteiger partial charge < -0.3 is 15.1 Å². The second kappa shape index (κ2) is 5.59. The normalized spacial score (nSPS) is 31.4. The highest BCUT2D eigenvalue weighted by Crippen LogP contribution is 2.52. The molecule has 5 rings (SSSR count). The molecule has 3 heterocycles. The molecule has 0 aromatic heterocycles. The average molecular weight is 361 g/mol. The molecule has 3 aliphatic heterocycles. The van der Waals surface area contributed by atoms with Gasteiger partial charge in [0.15, 0.2) is 0 Å². The van der Waals surface area contributed by atoms with Crippen LogP contribution in [0, 0.1) is 0 Å². The van der Waals surface area contributed by atoms with E-state index in [-0.39, 0.29) is 29.4 Å². The molecule has 0 radical (unpaired) electrons. The van der Waals surface area contributed by atoms with E-state index in [1.54, 1.807) is 11.9 Å². The number of rotatable bonds is 2. The van der Waals surface area contributed by atoms with Crippen LogP contribution in [0.25, 0.3) is 0 Å². The van der Waals surface area contributed by atoms with E-state index in [1.165, 1.54) is 5.56 Å². The highest BCUT2D eigenvalue weighted by molar-refractivity contribution is 5.98. The molecule has 138 valence electrons. The lowest BCUT2D eigenvalue weighted by Crippen LogP contribution is -2.64. The molecule has 0 bridgehead atoms. The summed E-state index contributed by atoms with van der Waals surface area (Å²) >= 11 is 0. The van der Waals surface area contributed by atoms with Crippen molar-refractivity contribution in [2.45, 2.75) is 43.4 Å². The van der Waals surface area contributed by atoms with Crippen LogP contribution in [0.15, 0.2) is 54.6 Å². The summed E-state index contributed by atoms with van der Waals surface area (Å²) in [4.78, 5) is 30.1. The lowest BCUT2D eigenvalue weighted by molar-refractivity contribution is -0.159. The Kier molecular flexibility index (Phi) is 3.39. The van der Waals surface area contributed by atoms with Crippen molar-refractivity contribution in [1.82, 2.24) is 9.80 Å².